The zero-order valence-electron chi connectivity index (χ0n) is 9.94. The third-order valence-electron chi connectivity index (χ3n) is 2.62. The highest BCUT2D eigenvalue weighted by Gasteiger charge is 2.08. The monoisotopic (exact) mass is 298 g/mol. The van der Waals surface area contributed by atoms with Crippen LogP contribution in [0.2, 0.25) is 10.0 Å². The smallest absolute Gasteiger partial charge is 0.269 e. The number of nitrogen functional groups attached to an aromatic ring is 1. The molecule has 1 heterocycles. The molecule has 0 fully saturated rings. The predicted molar refractivity (Wildman–Crippen MR) is 77.4 cm³/mol. The van der Waals surface area contributed by atoms with Crippen LogP contribution in [0.3, 0.4) is 0 Å². The number of hydrogen-bond acceptors (Lipinski definition) is 4. The quantitative estimate of drug-likeness (QED) is 0.845. The number of nitrogens with zero attached hydrogens (tertiary/aromatic N) is 2. The molecule has 1 aromatic carbocycles. The van der Waals surface area contributed by atoms with Crippen molar-refractivity contribution < 1.29 is 0 Å². The SMILES string of the molecule is NCCn1cc(-c2cc(Cl)c(N)c(Cl)c2)ncc1=O. The minimum atomic E-state index is -0.207. The average Bonchev–Trinajstić information content (AvgIpc) is 2.38. The van der Waals surface area contributed by atoms with Gasteiger partial charge < -0.3 is 16.0 Å². The number of anilines is 1. The minimum Gasteiger partial charge on any atom is -0.396 e. The molecule has 0 saturated heterocycles. The molecule has 7 heteroatoms. The van der Waals surface area contributed by atoms with Gasteiger partial charge >= 0.3 is 0 Å². The lowest BCUT2D eigenvalue weighted by molar-refractivity contribution is 0.675. The Balaban J connectivity index is 2.53. The van der Waals surface area contributed by atoms with Crippen molar-refractivity contribution in [3.05, 3.63) is 44.9 Å². The highest BCUT2D eigenvalue weighted by atomic mass is 35.5. The summed E-state index contributed by atoms with van der Waals surface area (Å²) in [6.07, 6.45) is 2.86. The fourth-order valence-corrected chi connectivity index (χ4v) is 2.13. The molecule has 0 aliphatic carbocycles. The van der Waals surface area contributed by atoms with E-state index in [1.54, 1.807) is 18.3 Å². The number of hydrogen-bond donors (Lipinski definition) is 2. The van der Waals surface area contributed by atoms with Gasteiger partial charge in [-0.05, 0) is 12.1 Å². The maximum Gasteiger partial charge on any atom is 0.269 e. The molecule has 1 aromatic heterocycles. The van der Waals surface area contributed by atoms with Crippen molar-refractivity contribution in [2.24, 2.45) is 5.73 Å². The second-order valence-corrected chi connectivity index (χ2v) is 4.76. The molecule has 0 bridgehead atoms. The van der Waals surface area contributed by atoms with E-state index in [9.17, 15) is 4.79 Å². The summed E-state index contributed by atoms with van der Waals surface area (Å²) in [5, 5.41) is 0.696. The summed E-state index contributed by atoms with van der Waals surface area (Å²) in [5.74, 6) is 0. The van der Waals surface area contributed by atoms with Crippen LogP contribution in [0, 0.1) is 0 Å². The Morgan fingerprint density at radius 2 is 1.89 bits per heavy atom. The van der Waals surface area contributed by atoms with Crippen LogP contribution in [-0.2, 0) is 6.54 Å². The number of halogens is 2. The lowest BCUT2D eigenvalue weighted by Gasteiger charge is -2.08. The number of rotatable bonds is 3. The Morgan fingerprint density at radius 3 is 2.47 bits per heavy atom. The van der Waals surface area contributed by atoms with Gasteiger partial charge in [-0.15, -0.1) is 0 Å². The van der Waals surface area contributed by atoms with E-state index in [1.807, 2.05) is 0 Å². The molecule has 5 nitrogen and oxygen atoms in total. The summed E-state index contributed by atoms with van der Waals surface area (Å²) in [5.41, 5.74) is 12.5. The Labute approximate surface area is 119 Å². The van der Waals surface area contributed by atoms with Crippen molar-refractivity contribution >= 4 is 28.9 Å². The van der Waals surface area contributed by atoms with Gasteiger partial charge in [0.25, 0.3) is 5.56 Å². The average molecular weight is 299 g/mol. The van der Waals surface area contributed by atoms with Crippen LogP contribution in [0.1, 0.15) is 0 Å². The molecule has 0 atom stereocenters. The van der Waals surface area contributed by atoms with Gasteiger partial charge in [0, 0.05) is 24.8 Å². The summed E-state index contributed by atoms with van der Waals surface area (Å²) >= 11 is 12.0. The van der Waals surface area contributed by atoms with Crippen molar-refractivity contribution in [2.45, 2.75) is 6.54 Å². The van der Waals surface area contributed by atoms with Gasteiger partial charge in [0.05, 0.1) is 27.6 Å². The molecule has 19 heavy (non-hydrogen) atoms. The molecule has 0 aliphatic heterocycles. The van der Waals surface area contributed by atoms with Crippen LogP contribution in [0.15, 0.2) is 29.3 Å². The van der Waals surface area contributed by atoms with Gasteiger partial charge in [-0.3, -0.25) is 4.79 Å². The molecule has 0 spiro atoms. The van der Waals surface area contributed by atoms with Gasteiger partial charge in [-0.2, -0.15) is 0 Å². The van der Waals surface area contributed by atoms with E-state index in [4.69, 9.17) is 34.7 Å². The number of aromatic nitrogens is 2. The van der Waals surface area contributed by atoms with Crippen LogP contribution in [0.25, 0.3) is 11.3 Å². The predicted octanol–water partition coefficient (Wildman–Crippen LogP) is 1.76. The van der Waals surface area contributed by atoms with Crippen LogP contribution >= 0.6 is 23.2 Å². The summed E-state index contributed by atoms with van der Waals surface area (Å²) in [4.78, 5) is 15.6. The Hall–Kier alpha value is -1.56. The number of benzene rings is 1. The lowest BCUT2D eigenvalue weighted by Crippen LogP contribution is -2.23. The van der Waals surface area contributed by atoms with Gasteiger partial charge in [0.2, 0.25) is 0 Å². The molecule has 2 rings (SSSR count). The first kappa shape index (κ1) is 13.9. The summed E-state index contributed by atoms with van der Waals surface area (Å²) < 4.78 is 1.49. The molecule has 0 radical (unpaired) electrons. The molecule has 2 aromatic rings. The third kappa shape index (κ3) is 2.89. The van der Waals surface area contributed by atoms with E-state index in [-0.39, 0.29) is 5.56 Å². The maximum absolute atomic E-state index is 11.6. The molecule has 0 aliphatic rings. The minimum absolute atomic E-state index is 0.207. The van der Waals surface area contributed by atoms with Crippen LogP contribution < -0.4 is 17.0 Å². The first-order valence-corrected chi connectivity index (χ1v) is 6.30. The summed E-state index contributed by atoms with van der Waals surface area (Å²) in [7, 11) is 0. The van der Waals surface area contributed by atoms with Gasteiger partial charge in [0.1, 0.15) is 0 Å². The Morgan fingerprint density at radius 1 is 1.26 bits per heavy atom. The standard InChI is InChI=1S/C12H12Cl2N4O/c13-8-3-7(4-9(14)12(8)16)10-6-18(2-1-15)11(19)5-17-10/h3-6H,1-2,15-16H2. The van der Waals surface area contributed by atoms with Crippen molar-refractivity contribution in [1.29, 1.82) is 0 Å². The molecule has 0 saturated carbocycles. The van der Waals surface area contributed by atoms with E-state index < -0.39 is 0 Å². The topological polar surface area (TPSA) is 86.9 Å². The zero-order valence-corrected chi connectivity index (χ0v) is 11.4. The molecule has 4 N–H and O–H groups in total. The first-order chi connectivity index (χ1) is 9.02. The van der Waals surface area contributed by atoms with Crippen molar-refractivity contribution in [3.8, 4) is 11.3 Å². The van der Waals surface area contributed by atoms with E-state index in [1.165, 1.54) is 10.8 Å². The fraction of sp³-hybridized carbons (Fsp3) is 0.167. The first-order valence-electron chi connectivity index (χ1n) is 5.54. The highest BCUT2D eigenvalue weighted by Crippen LogP contribution is 2.32. The van der Waals surface area contributed by atoms with Crippen molar-refractivity contribution in [3.63, 3.8) is 0 Å². The second kappa shape index (κ2) is 5.61. The summed E-state index contributed by atoms with van der Waals surface area (Å²) in [6, 6.07) is 3.31. The van der Waals surface area contributed by atoms with Crippen molar-refractivity contribution in [2.75, 3.05) is 12.3 Å². The highest BCUT2D eigenvalue weighted by molar-refractivity contribution is 6.39. The van der Waals surface area contributed by atoms with Gasteiger partial charge in [-0.25, -0.2) is 4.98 Å². The Bertz CT molecular complexity index is 646. The zero-order chi connectivity index (χ0) is 14.0. The molecular weight excluding hydrogens is 287 g/mol. The molecule has 0 unspecified atom stereocenters. The summed E-state index contributed by atoms with van der Waals surface area (Å²) in [6.45, 7) is 0.789. The van der Waals surface area contributed by atoms with E-state index in [0.717, 1.165) is 0 Å². The Kier molecular flexibility index (Phi) is 4.09. The molecule has 0 amide bonds. The van der Waals surface area contributed by atoms with E-state index in [0.29, 0.717) is 40.1 Å². The van der Waals surface area contributed by atoms with Gasteiger partial charge in [-0.1, -0.05) is 23.2 Å². The maximum atomic E-state index is 11.6. The normalized spacial score (nSPS) is 10.7. The van der Waals surface area contributed by atoms with Crippen LogP contribution in [0.5, 0.6) is 0 Å². The van der Waals surface area contributed by atoms with Crippen LogP contribution in [-0.4, -0.2) is 16.1 Å². The number of nitrogens with two attached hydrogens (primary N) is 2. The molecular formula is C12H12Cl2N4O. The molecule has 100 valence electrons. The second-order valence-electron chi connectivity index (χ2n) is 3.95. The van der Waals surface area contributed by atoms with Gasteiger partial charge in [0.15, 0.2) is 0 Å². The third-order valence-corrected chi connectivity index (χ3v) is 3.25. The fourth-order valence-electron chi connectivity index (χ4n) is 1.64. The lowest BCUT2D eigenvalue weighted by atomic mass is 10.1. The van der Waals surface area contributed by atoms with E-state index in [2.05, 4.69) is 4.98 Å². The van der Waals surface area contributed by atoms with E-state index >= 15 is 0 Å². The van der Waals surface area contributed by atoms with Crippen LogP contribution in [0.4, 0.5) is 5.69 Å². The van der Waals surface area contributed by atoms with Crippen molar-refractivity contribution in [1.82, 2.24) is 9.55 Å². The largest absolute Gasteiger partial charge is 0.396 e.